The van der Waals surface area contributed by atoms with E-state index in [4.69, 9.17) is 25.8 Å². The molecule has 212 valence electrons. The van der Waals surface area contributed by atoms with Crippen molar-refractivity contribution in [3.63, 3.8) is 0 Å². The van der Waals surface area contributed by atoms with E-state index in [2.05, 4.69) is 78.9 Å². The highest BCUT2D eigenvalue weighted by molar-refractivity contribution is 6.18. The first-order chi connectivity index (χ1) is 20.8. The Balaban J connectivity index is 1.32. The second-order valence-corrected chi connectivity index (χ2v) is 10.3. The van der Waals surface area contributed by atoms with E-state index in [0.29, 0.717) is 32.3 Å². The van der Waals surface area contributed by atoms with Crippen molar-refractivity contribution in [1.82, 2.24) is 0 Å². The molecule has 0 aromatic heterocycles. The van der Waals surface area contributed by atoms with Crippen LogP contribution in [0.1, 0.15) is 33.7 Å². The van der Waals surface area contributed by atoms with Gasteiger partial charge in [0.05, 0.1) is 13.2 Å². The number of hydrogen-bond acceptors (Lipinski definition) is 3. The van der Waals surface area contributed by atoms with E-state index < -0.39 is 0 Å². The fraction of sp³-hybridized carbons (Fsp3) is 0.158. The second-order valence-electron chi connectivity index (χ2n) is 9.96. The molecule has 0 bridgehead atoms. The van der Waals surface area contributed by atoms with Crippen molar-refractivity contribution in [2.24, 2.45) is 0 Å². The fourth-order valence-electron chi connectivity index (χ4n) is 4.70. The van der Waals surface area contributed by atoms with Crippen molar-refractivity contribution in [1.29, 1.82) is 0 Å². The Morgan fingerprint density at radius 2 is 1.21 bits per heavy atom. The Kier molecular flexibility index (Phi) is 10.9. The summed E-state index contributed by atoms with van der Waals surface area (Å²) in [5.41, 5.74) is 6.69. The zero-order chi connectivity index (χ0) is 28.8. The van der Waals surface area contributed by atoms with Gasteiger partial charge in [-0.05, 0) is 57.7 Å². The van der Waals surface area contributed by atoms with Gasteiger partial charge in [-0.15, -0.1) is 11.6 Å². The fourth-order valence-corrected chi connectivity index (χ4v) is 4.97. The lowest BCUT2D eigenvalue weighted by atomic mass is 9.91. The van der Waals surface area contributed by atoms with Gasteiger partial charge < -0.3 is 14.2 Å². The molecule has 4 heteroatoms. The average Bonchev–Trinajstić information content (AvgIpc) is 3.06. The molecule has 0 fully saturated rings. The van der Waals surface area contributed by atoms with Crippen LogP contribution in [0, 0.1) is 0 Å². The largest absolute Gasteiger partial charge is 0.491 e. The van der Waals surface area contributed by atoms with Crippen LogP contribution in [0.15, 0.2) is 146 Å². The monoisotopic (exact) mass is 574 g/mol. The lowest BCUT2D eigenvalue weighted by Gasteiger charge is -2.16. The van der Waals surface area contributed by atoms with E-state index in [-0.39, 0.29) is 5.92 Å². The smallest absolute Gasteiger partial charge is 0.120 e. The number of benzene rings is 5. The molecule has 0 aliphatic carbocycles. The molecule has 5 aromatic carbocycles. The highest BCUT2D eigenvalue weighted by Gasteiger charge is 2.13. The SMILES string of the molecule is ClCC(/C=C(/c1ccc(OCCOCc2ccccc2)cc1)c1cccc(OCc2ccccc2)c1)c1ccccc1. The van der Waals surface area contributed by atoms with Crippen LogP contribution in [0.5, 0.6) is 11.5 Å². The van der Waals surface area contributed by atoms with Gasteiger partial charge in [0.15, 0.2) is 0 Å². The third-order valence-electron chi connectivity index (χ3n) is 6.93. The van der Waals surface area contributed by atoms with Gasteiger partial charge >= 0.3 is 0 Å². The minimum Gasteiger partial charge on any atom is -0.491 e. The molecule has 5 rings (SSSR count). The van der Waals surface area contributed by atoms with E-state index in [0.717, 1.165) is 39.3 Å². The summed E-state index contributed by atoms with van der Waals surface area (Å²) in [5, 5.41) is 0. The van der Waals surface area contributed by atoms with E-state index in [1.165, 1.54) is 5.56 Å². The first-order valence-electron chi connectivity index (χ1n) is 14.2. The summed E-state index contributed by atoms with van der Waals surface area (Å²) in [5.74, 6) is 2.15. The standard InChI is InChI=1S/C38H35ClO3/c39-27-35(32-15-8-3-9-16-32)26-38(34-17-10-18-37(25-34)42-29-31-13-6-2-7-14-31)33-19-21-36(22-20-33)41-24-23-40-28-30-11-4-1-5-12-30/h1-22,25-26,35H,23-24,27-29H2/b38-26-. The van der Waals surface area contributed by atoms with Crippen molar-refractivity contribution < 1.29 is 14.2 Å². The van der Waals surface area contributed by atoms with Gasteiger partial charge in [0, 0.05) is 11.8 Å². The molecule has 0 saturated carbocycles. The molecule has 0 spiro atoms. The van der Waals surface area contributed by atoms with Crippen LogP contribution in [0.3, 0.4) is 0 Å². The number of alkyl halides is 1. The number of halogens is 1. The predicted molar refractivity (Wildman–Crippen MR) is 172 cm³/mol. The van der Waals surface area contributed by atoms with Crippen LogP contribution in [0.2, 0.25) is 0 Å². The normalized spacial score (nSPS) is 12.1. The van der Waals surface area contributed by atoms with E-state index in [1.54, 1.807) is 0 Å². The maximum absolute atomic E-state index is 6.52. The van der Waals surface area contributed by atoms with Crippen LogP contribution in [-0.2, 0) is 18.0 Å². The number of rotatable bonds is 14. The number of ether oxygens (including phenoxy) is 3. The van der Waals surface area contributed by atoms with E-state index in [1.807, 2.05) is 66.7 Å². The Bertz CT molecular complexity index is 1520. The van der Waals surface area contributed by atoms with Crippen LogP contribution in [0.25, 0.3) is 5.57 Å². The summed E-state index contributed by atoms with van der Waals surface area (Å²) in [6, 6.07) is 47.2. The van der Waals surface area contributed by atoms with Gasteiger partial charge in [-0.25, -0.2) is 0 Å². The number of allylic oxidation sites excluding steroid dienone is 1. The first-order valence-corrected chi connectivity index (χ1v) is 14.8. The van der Waals surface area contributed by atoms with Crippen molar-refractivity contribution >= 4 is 17.2 Å². The minimum atomic E-state index is 0.0504. The van der Waals surface area contributed by atoms with Crippen LogP contribution in [-0.4, -0.2) is 19.1 Å². The van der Waals surface area contributed by atoms with Crippen LogP contribution in [0.4, 0.5) is 0 Å². The zero-order valence-electron chi connectivity index (χ0n) is 23.6. The molecule has 0 saturated heterocycles. The van der Waals surface area contributed by atoms with Crippen molar-refractivity contribution in [3.05, 3.63) is 173 Å². The highest BCUT2D eigenvalue weighted by atomic mass is 35.5. The van der Waals surface area contributed by atoms with Gasteiger partial charge in [-0.3, -0.25) is 0 Å². The van der Waals surface area contributed by atoms with E-state index >= 15 is 0 Å². The first kappa shape index (κ1) is 29.2. The maximum atomic E-state index is 6.52. The van der Waals surface area contributed by atoms with E-state index in [9.17, 15) is 0 Å². The highest BCUT2D eigenvalue weighted by Crippen LogP contribution is 2.32. The molecule has 0 amide bonds. The van der Waals surface area contributed by atoms with Gasteiger partial charge in [-0.1, -0.05) is 121 Å². The summed E-state index contributed by atoms with van der Waals surface area (Å²) in [7, 11) is 0. The molecule has 1 atom stereocenters. The molecule has 0 N–H and O–H groups in total. The summed E-state index contributed by atoms with van der Waals surface area (Å²) in [6.07, 6.45) is 2.26. The lowest BCUT2D eigenvalue weighted by Crippen LogP contribution is -2.06. The molecular formula is C38H35ClO3. The zero-order valence-corrected chi connectivity index (χ0v) is 24.3. The Hall–Kier alpha value is -4.31. The summed E-state index contributed by atoms with van der Waals surface area (Å²) < 4.78 is 17.9. The molecule has 5 aromatic rings. The Morgan fingerprint density at radius 3 is 1.88 bits per heavy atom. The summed E-state index contributed by atoms with van der Waals surface area (Å²) >= 11 is 6.52. The van der Waals surface area contributed by atoms with Crippen molar-refractivity contribution in [2.75, 3.05) is 19.1 Å². The topological polar surface area (TPSA) is 27.7 Å². The molecule has 42 heavy (non-hydrogen) atoms. The minimum absolute atomic E-state index is 0.0504. The molecule has 0 aliphatic rings. The predicted octanol–water partition coefficient (Wildman–Crippen LogP) is 9.32. The van der Waals surface area contributed by atoms with Crippen LogP contribution < -0.4 is 9.47 Å². The summed E-state index contributed by atoms with van der Waals surface area (Å²) in [6.45, 7) is 2.09. The van der Waals surface area contributed by atoms with Gasteiger partial charge in [0.1, 0.15) is 24.7 Å². The summed E-state index contributed by atoms with van der Waals surface area (Å²) in [4.78, 5) is 0. The maximum Gasteiger partial charge on any atom is 0.120 e. The average molecular weight is 575 g/mol. The van der Waals surface area contributed by atoms with Gasteiger partial charge in [0.2, 0.25) is 0 Å². The Morgan fingerprint density at radius 1 is 0.571 bits per heavy atom. The van der Waals surface area contributed by atoms with Gasteiger partial charge in [0.25, 0.3) is 0 Å². The molecule has 0 heterocycles. The third kappa shape index (κ3) is 8.59. The van der Waals surface area contributed by atoms with Crippen LogP contribution >= 0.6 is 11.6 Å². The van der Waals surface area contributed by atoms with Gasteiger partial charge in [-0.2, -0.15) is 0 Å². The quantitative estimate of drug-likeness (QED) is 0.0976. The number of hydrogen-bond donors (Lipinski definition) is 0. The second kappa shape index (κ2) is 15.6. The molecule has 0 radical (unpaired) electrons. The van der Waals surface area contributed by atoms with Crippen molar-refractivity contribution in [3.8, 4) is 11.5 Å². The lowest BCUT2D eigenvalue weighted by molar-refractivity contribution is 0.0889. The van der Waals surface area contributed by atoms with Crippen molar-refractivity contribution in [2.45, 2.75) is 19.1 Å². The molecule has 1 unspecified atom stereocenters. The Labute approximate surface area is 254 Å². The molecular weight excluding hydrogens is 540 g/mol. The molecule has 0 aliphatic heterocycles. The molecule has 3 nitrogen and oxygen atoms in total. The third-order valence-corrected chi connectivity index (χ3v) is 7.26.